The molecule has 1 rings (SSSR count). The van der Waals surface area contributed by atoms with Crippen molar-refractivity contribution in [2.24, 2.45) is 0 Å². The summed E-state index contributed by atoms with van der Waals surface area (Å²) in [5.41, 5.74) is 1.01. The molecule has 0 saturated carbocycles. The van der Waals surface area contributed by atoms with Crippen LogP contribution in [0.1, 0.15) is 25.8 Å². The molecule has 1 amide bonds. The average molecular weight is 255 g/mol. The number of benzene rings is 1. The summed E-state index contributed by atoms with van der Waals surface area (Å²) < 4.78 is 0. The molecule has 0 radical (unpaired) electrons. The molecular weight excluding hydrogens is 236 g/mol. The average Bonchev–Trinajstić information content (AvgIpc) is 2.31. The monoisotopic (exact) mass is 254 g/mol. The van der Waals surface area contributed by atoms with Gasteiger partial charge in [-0.25, -0.2) is 0 Å². The van der Waals surface area contributed by atoms with Crippen molar-refractivity contribution < 1.29 is 4.79 Å². The zero-order valence-corrected chi connectivity index (χ0v) is 11.1. The van der Waals surface area contributed by atoms with Crippen molar-refractivity contribution in [2.75, 3.05) is 6.54 Å². The highest BCUT2D eigenvalue weighted by Crippen LogP contribution is 2.13. The zero-order valence-electron chi connectivity index (χ0n) is 10.3. The fourth-order valence-corrected chi connectivity index (χ4v) is 1.58. The van der Waals surface area contributed by atoms with Crippen LogP contribution in [0.15, 0.2) is 24.3 Å². The van der Waals surface area contributed by atoms with Crippen molar-refractivity contribution in [1.29, 1.82) is 0 Å². The van der Waals surface area contributed by atoms with E-state index in [9.17, 15) is 4.79 Å². The first-order valence-electron chi connectivity index (χ1n) is 5.87. The molecular formula is C13H19ClN2O. The van der Waals surface area contributed by atoms with Gasteiger partial charge in [0.15, 0.2) is 0 Å². The molecule has 4 heteroatoms. The molecule has 1 unspecified atom stereocenters. The third-order valence-corrected chi connectivity index (χ3v) is 2.95. The normalized spacial score (nSPS) is 12.2. The summed E-state index contributed by atoms with van der Waals surface area (Å²) in [4.78, 5) is 11.5. The van der Waals surface area contributed by atoms with Crippen molar-refractivity contribution in [2.45, 2.75) is 32.9 Å². The Hall–Kier alpha value is -1.06. The summed E-state index contributed by atoms with van der Waals surface area (Å²) in [6.07, 6.45) is 0.941. The number of halogens is 1. The Balaban J connectivity index is 2.29. The summed E-state index contributed by atoms with van der Waals surface area (Å²) in [5.74, 6) is 0.0198. The summed E-state index contributed by atoms with van der Waals surface area (Å²) in [5, 5.41) is 6.70. The minimum atomic E-state index is 0.0198. The lowest BCUT2D eigenvalue weighted by molar-refractivity contribution is -0.120. The molecule has 17 heavy (non-hydrogen) atoms. The van der Waals surface area contributed by atoms with Crippen LogP contribution >= 0.6 is 11.6 Å². The second-order valence-electron chi connectivity index (χ2n) is 4.07. The molecule has 1 aromatic rings. The van der Waals surface area contributed by atoms with Gasteiger partial charge < -0.3 is 10.6 Å². The quantitative estimate of drug-likeness (QED) is 0.818. The van der Waals surface area contributed by atoms with Gasteiger partial charge in [0.05, 0.1) is 6.54 Å². The molecule has 0 saturated heterocycles. The van der Waals surface area contributed by atoms with Crippen molar-refractivity contribution >= 4 is 17.5 Å². The first-order chi connectivity index (χ1) is 8.13. The highest BCUT2D eigenvalue weighted by Gasteiger charge is 2.05. The van der Waals surface area contributed by atoms with Crippen LogP contribution in [-0.4, -0.2) is 18.5 Å². The fraction of sp³-hybridized carbons (Fsp3) is 0.462. The highest BCUT2D eigenvalue weighted by atomic mass is 35.5. The van der Waals surface area contributed by atoms with Gasteiger partial charge in [0.25, 0.3) is 0 Å². The van der Waals surface area contributed by atoms with E-state index in [1.54, 1.807) is 0 Å². The Morgan fingerprint density at radius 2 is 2.12 bits per heavy atom. The lowest BCUT2D eigenvalue weighted by atomic mass is 10.2. The topological polar surface area (TPSA) is 41.1 Å². The van der Waals surface area contributed by atoms with Gasteiger partial charge in [0.1, 0.15) is 0 Å². The molecule has 2 N–H and O–H groups in total. The van der Waals surface area contributed by atoms with Crippen LogP contribution in [0.25, 0.3) is 0 Å². The third kappa shape index (κ3) is 5.20. The molecule has 3 nitrogen and oxygen atoms in total. The second kappa shape index (κ2) is 7.30. The maximum absolute atomic E-state index is 11.5. The predicted molar refractivity (Wildman–Crippen MR) is 71.1 cm³/mol. The summed E-state index contributed by atoms with van der Waals surface area (Å²) >= 11 is 6.01. The number of hydrogen-bond acceptors (Lipinski definition) is 2. The summed E-state index contributed by atoms with van der Waals surface area (Å²) in [6, 6.07) is 7.84. The first kappa shape index (κ1) is 14.0. The Morgan fingerprint density at radius 3 is 2.76 bits per heavy atom. The van der Waals surface area contributed by atoms with Crippen molar-refractivity contribution in [1.82, 2.24) is 10.6 Å². The summed E-state index contributed by atoms with van der Waals surface area (Å²) in [6.45, 7) is 4.96. The van der Waals surface area contributed by atoms with E-state index in [0.717, 1.165) is 17.0 Å². The Labute approximate surface area is 108 Å². The van der Waals surface area contributed by atoms with Gasteiger partial charge in [0, 0.05) is 17.6 Å². The molecule has 1 aromatic carbocycles. The largest absolute Gasteiger partial charge is 0.353 e. The molecule has 0 heterocycles. The Morgan fingerprint density at radius 1 is 1.41 bits per heavy atom. The molecule has 0 spiro atoms. The smallest absolute Gasteiger partial charge is 0.234 e. The van der Waals surface area contributed by atoms with Gasteiger partial charge in [-0.05, 0) is 25.0 Å². The van der Waals surface area contributed by atoms with Crippen LogP contribution < -0.4 is 10.6 Å². The van der Waals surface area contributed by atoms with Crippen molar-refractivity contribution in [3.05, 3.63) is 34.9 Å². The number of carbonyl (C=O) groups excluding carboxylic acids is 1. The Kier molecular flexibility index (Phi) is 6.01. The van der Waals surface area contributed by atoms with Crippen molar-refractivity contribution in [3.63, 3.8) is 0 Å². The van der Waals surface area contributed by atoms with Crippen LogP contribution in [0.3, 0.4) is 0 Å². The maximum atomic E-state index is 11.5. The van der Waals surface area contributed by atoms with E-state index >= 15 is 0 Å². The van der Waals surface area contributed by atoms with E-state index in [1.807, 2.05) is 38.1 Å². The zero-order chi connectivity index (χ0) is 12.7. The van der Waals surface area contributed by atoms with Gasteiger partial charge >= 0.3 is 0 Å². The van der Waals surface area contributed by atoms with Crippen LogP contribution in [0.4, 0.5) is 0 Å². The molecule has 0 aliphatic carbocycles. The van der Waals surface area contributed by atoms with E-state index in [4.69, 9.17) is 11.6 Å². The number of carbonyl (C=O) groups is 1. The third-order valence-electron chi connectivity index (χ3n) is 2.58. The van der Waals surface area contributed by atoms with Gasteiger partial charge in [0.2, 0.25) is 5.91 Å². The molecule has 1 atom stereocenters. The highest BCUT2D eigenvalue weighted by molar-refractivity contribution is 6.31. The lowest BCUT2D eigenvalue weighted by Gasteiger charge is -2.12. The summed E-state index contributed by atoms with van der Waals surface area (Å²) in [7, 11) is 0. The van der Waals surface area contributed by atoms with E-state index in [-0.39, 0.29) is 11.9 Å². The maximum Gasteiger partial charge on any atom is 0.234 e. The minimum absolute atomic E-state index is 0.0198. The van der Waals surface area contributed by atoms with E-state index in [0.29, 0.717) is 13.1 Å². The number of hydrogen-bond donors (Lipinski definition) is 2. The van der Waals surface area contributed by atoms with Gasteiger partial charge in [-0.15, -0.1) is 0 Å². The first-order valence-corrected chi connectivity index (χ1v) is 6.24. The second-order valence-corrected chi connectivity index (χ2v) is 4.48. The molecule has 0 bridgehead atoms. The molecule has 0 aromatic heterocycles. The van der Waals surface area contributed by atoms with Gasteiger partial charge in [-0.1, -0.05) is 36.7 Å². The van der Waals surface area contributed by atoms with E-state index < -0.39 is 0 Å². The van der Waals surface area contributed by atoms with Gasteiger partial charge in [-0.2, -0.15) is 0 Å². The SMILES string of the molecule is CCC(C)NC(=O)CNCc1ccccc1Cl. The van der Waals surface area contributed by atoms with Gasteiger partial charge in [-0.3, -0.25) is 4.79 Å². The van der Waals surface area contributed by atoms with Crippen LogP contribution in [0, 0.1) is 0 Å². The number of nitrogens with one attached hydrogen (secondary N) is 2. The van der Waals surface area contributed by atoms with Crippen LogP contribution in [-0.2, 0) is 11.3 Å². The number of amides is 1. The Bertz CT molecular complexity index is 368. The molecule has 0 aliphatic rings. The minimum Gasteiger partial charge on any atom is -0.353 e. The lowest BCUT2D eigenvalue weighted by Crippen LogP contribution is -2.38. The number of rotatable bonds is 6. The molecule has 0 fully saturated rings. The molecule has 0 aliphatic heterocycles. The molecule has 94 valence electrons. The van der Waals surface area contributed by atoms with E-state index in [2.05, 4.69) is 10.6 Å². The van der Waals surface area contributed by atoms with Crippen LogP contribution in [0.2, 0.25) is 5.02 Å². The van der Waals surface area contributed by atoms with Crippen molar-refractivity contribution in [3.8, 4) is 0 Å². The predicted octanol–water partition coefficient (Wildman–Crippen LogP) is 2.34. The fourth-order valence-electron chi connectivity index (χ4n) is 1.38. The van der Waals surface area contributed by atoms with Crippen LogP contribution in [0.5, 0.6) is 0 Å². The standard InChI is InChI=1S/C13H19ClN2O/c1-3-10(2)16-13(17)9-15-8-11-6-4-5-7-12(11)14/h4-7,10,15H,3,8-9H2,1-2H3,(H,16,17). The van der Waals surface area contributed by atoms with E-state index in [1.165, 1.54) is 0 Å².